The Morgan fingerprint density at radius 3 is 2.73 bits per heavy atom. The minimum Gasteiger partial charge on any atom is -0.507 e. The molecule has 1 saturated heterocycles. The Morgan fingerprint density at radius 1 is 1.12 bits per heavy atom. The molecular formula is C19H20N4O2S. The Hall–Kier alpha value is -2.48. The molecule has 0 radical (unpaired) electrons. The van der Waals surface area contributed by atoms with Gasteiger partial charge in [0.05, 0.1) is 25.4 Å². The van der Waals surface area contributed by atoms with Gasteiger partial charge < -0.3 is 9.84 Å². The standard InChI is InChI=1S/C19H20N4O2S/c24-17-6-2-1-5-16(17)19-20-18(8-7-15-4-3-13-26-15)21-23(19)14-22-9-11-25-12-10-22/h1-8,13,24H,9-12,14H2/b8-7+. The number of nitrogens with zero attached hydrogens (tertiary/aromatic N) is 4. The quantitative estimate of drug-likeness (QED) is 0.749. The Bertz CT molecular complexity index is 883. The number of aromatic nitrogens is 3. The summed E-state index contributed by atoms with van der Waals surface area (Å²) < 4.78 is 7.28. The lowest BCUT2D eigenvalue weighted by atomic mass is 10.2. The van der Waals surface area contributed by atoms with Gasteiger partial charge in [-0.3, -0.25) is 4.90 Å². The topological polar surface area (TPSA) is 63.4 Å². The van der Waals surface area contributed by atoms with E-state index in [4.69, 9.17) is 4.74 Å². The Balaban J connectivity index is 1.66. The van der Waals surface area contributed by atoms with Gasteiger partial charge in [-0.05, 0) is 35.7 Å². The molecule has 1 aliphatic rings. The van der Waals surface area contributed by atoms with Crippen LogP contribution in [0.2, 0.25) is 0 Å². The van der Waals surface area contributed by atoms with Crippen LogP contribution in [0.1, 0.15) is 10.7 Å². The van der Waals surface area contributed by atoms with Crippen molar-refractivity contribution in [3.63, 3.8) is 0 Å². The fraction of sp³-hybridized carbons (Fsp3) is 0.263. The highest BCUT2D eigenvalue weighted by atomic mass is 32.1. The summed E-state index contributed by atoms with van der Waals surface area (Å²) in [7, 11) is 0. The Labute approximate surface area is 156 Å². The third-order valence-electron chi connectivity index (χ3n) is 4.21. The van der Waals surface area contributed by atoms with E-state index in [1.807, 2.05) is 40.4 Å². The lowest BCUT2D eigenvalue weighted by Gasteiger charge is -2.26. The summed E-state index contributed by atoms with van der Waals surface area (Å²) in [4.78, 5) is 8.08. The van der Waals surface area contributed by atoms with Gasteiger partial charge >= 0.3 is 0 Å². The van der Waals surface area contributed by atoms with Crippen molar-refractivity contribution >= 4 is 23.5 Å². The number of hydrogen-bond donors (Lipinski definition) is 1. The van der Waals surface area contributed by atoms with Gasteiger partial charge in [-0.15, -0.1) is 16.4 Å². The fourth-order valence-electron chi connectivity index (χ4n) is 2.87. The molecule has 1 aliphatic heterocycles. The highest BCUT2D eigenvalue weighted by molar-refractivity contribution is 7.10. The summed E-state index contributed by atoms with van der Waals surface area (Å²) in [5.41, 5.74) is 0.684. The van der Waals surface area contributed by atoms with Crippen LogP contribution in [-0.2, 0) is 11.4 Å². The molecule has 134 valence electrons. The Morgan fingerprint density at radius 2 is 1.96 bits per heavy atom. The molecule has 1 N–H and O–H groups in total. The van der Waals surface area contributed by atoms with Crippen LogP contribution in [0, 0.1) is 0 Å². The van der Waals surface area contributed by atoms with Gasteiger partial charge in [-0.1, -0.05) is 18.2 Å². The first kappa shape index (κ1) is 17.0. The van der Waals surface area contributed by atoms with E-state index in [1.54, 1.807) is 23.5 Å². The van der Waals surface area contributed by atoms with E-state index in [-0.39, 0.29) is 5.75 Å². The number of thiophene rings is 1. The van der Waals surface area contributed by atoms with Crippen molar-refractivity contribution in [2.75, 3.05) is 26.3 Å². The van der Waals surface area contributed by atoms with Crippen LogP contribution in [0.4, 0.5) is 0 Å². The highest BCUT2D eigenvalue weighted by Crippen LogP contribution is 2.28. The largest absolute Gasteiger partial charge is 0.507 e. The number of rotatable bonds is 5. The molecule has 1 aromatic carbocycles. The fourth-order valence-corrected chi connectivity index (χ4v) is 3.48. The van der Waals surface area contributed by atoms with E-state index >= 15 is 0 Å². The van der Waals surface area contributed by atoms with Crippen LogP contribution in [0.3, 0.4) is 0 Å². The molecule has 0 bridgehead atoms. The van der Waals surface area contributed by atoms with Crippen LogP contribution in [0.25, 0.3) is 23.5 Å². The van der Waals surface area contributed by atoms with E-state index in [2.05, 4.69) is 21.0 Å². The average Bonchev–Trinajstić information content (AvgIpc) is 3.31. The van der Waals surface area contributed by atoms with E-state index in [0.717, 1.165) is 31.2 Å². The average molecular weight is 368 g/mol. The predicted molar refractivity (Wildman–Crippen MR) is 103 cm³/mol. The number of hydrogen-bond acceptors (Lipinski definition) is 6. The lowest BCUT2D eigenvalue weighted by Crippen LogP contribution is -2.37. The van der Waals surface area contributed by atoms with Gasteiger partial charge in [0.25, 0.3) is 0 Å². The maximum atomic E-state index is 10.3. The summed E-state index contributed by atoms with van der Waals surface area (Å²) in [5, 5.41) is 16.9. The third kappa shape index (κ3) is 3.85. The molecule has 26 heavy (non-hydrogen) atoms. The number of morpholine rings is 1. The van der Waals surface area contributed by atoms with Gasteiger partial charge in [0.1, 0.15) is 5.75 Å². The number of benzene rings is 1. The van der Waals surface area contributed by atoms with Crippen molar-refractivity contribution in [1.29, 1.82) is 0 Å². The molecule has 2 aromatic heterocycles. The van der Waals surface area contributed by atoms with Crippen LogP contribution in [0.15, 0.2) is 41.8 Å². The molecule has 0 atom stereocenters. The molecule has 4 rings (SSSR count). The molecule has 7 heteroatoms. The van der Waals surface area contributed by atoms with Crippen LogP contribution in [0.5, 0.6) is 5.75 Å². The van der Waals surface area contributed by atoms with Gasteiger partial charge in [-0.25, -0.2) is 9.67 Å². The SMILES string of the molecule is Oc1ccccc1-c1nc(/C=C/c2cccs2)nn1CN1CCOCC1. The minimum absolute atomic E-state index is 0.205. The third-order valence-corrected chi connectivity index (χ3v) is 5.05. The van der Waals surface area contributed by atoms with Crippen molar-refractivity contribution in [3.8, 4) is 17.1 Å². The number of phenolic OH excluding ortho intramolecular Hbond substituents is 1. The van der Waals surface area contributed by atoms with E-state index in [9.17, 15) is 5.11 Å². The maximum Gasteiger partial charge on any atom is 0.174 e. The second-order valence-corrected chi connectivity index (χ2v) is 7.01. The second-order valence-electron chi connectivity index (χ2n) is 6.03. The second kappa shape index (κ2) is 7.82. The monoisotopic (exact) mass is 368 g/mol. The number of aromatic hydroxyl groups is 1. The normalized spacial score (nSPS) is 15.7. The zero-order valence-corrected chi connectivity index (χ0v) is 15.1. The summed E-state index contributed by atoms with van der Waals surface area (Å²) in [6.07, 6.45) is 3.92. The van der Waals surface area contributed by atoms with Crippen LogP contribution < -0.4 is 0 Å². The molecular weight excluding hydrogens is 348 g/mol. The molecule has 1 fully saturated rings. The first-order valence-corrected chi connectivity index (χ1v) is 9.42. The van der Waals surface area contributed by atoms with Crippen molar-refractivity contribution in [1.82, 2.24) is 19.7 Å². The molecule has 0 saturated carbocycles. The number of phenols is 1. The molecule has 0 amide bonds. The molecule has 0 spiro atoms. The lowest BCUT2D eigenvalue weighted by molar-refractivity contribution is 0.0216. The van der Waals surface area contributed by atoms with E-state index in [1.165, 1.54) is 0 Å². The molecule has 0 unspecified atom stereocenters. The van der Waals surface area contributed by atoms with Crippen LogP contribution >= 0.6 is 11.3 Å². The highest BCUT2D eigenvalue weighted by Gasteiger charge is 2.18. The molecule has 3 aromatic rings. The zero-order chi connectivity index (χ0) is 17.8. The van der Waals surface area contributed by atoms with E-state index in [0.29, 0.717) is 23.9 Å². The smallest absolute Gasteiger partial charge is 0.174 e. The summed E-state index contributed by atoms with van der Waals surface area (Å²) in [5.74, 6) is 1.50. The first-order valence-electron chi connectivity index (χ1n) is 8.54. The van der Waals surface area contributed by atoms with Crippen molar-refractivity contribution in [3.05, 3.63) is 52.5 Å². The summed E-state index contributed by atoms with van der Waals surface area (Å²) >= 11 is 1.67. The van der Waals surface area contributed by atoms with E-state index < -0.39 is 0 Å². The van der Waals surface area contributed by atoms with Gasteiger partial charge in [0.15, 0.2) is 11.6 Å². The predicted octanol–water partition coefficient (Wildman–Crippen LogP) is 3.17. The molecule has 6 nitrogen and oxygen atoms in total. The number of ether oxygens (including phenoxy) is 1. The van der Waals surface area contributed by atoms with Gasteiger partial charge in [0.2, 0.25) is 0 Å². The maximum absolute atomic E-state index is 10.3. The van der Waals surface area contributed by atoms with Gasteiger partial charge in [0, 0.05) is 18.0 Å². The molecule has 0 aliphatic carbocycles. The first-order chi connectivity index (χ1) is 12.8. The summed E-state index contributed by atoms with van der Waals surface area (Å²) in [6.45, 7) is 3.80. The van der Waals surface area contributed by atoms with Crippen LogP contribution in [-0.4, -0.2) is 51.1 Å². The number of para-hydroxylation sites is 1. The van der Waals surface area contributed by atoms with Crippen molar-refractivity contribution in [2.24, 2.45) is 0 Å². The Kier molecular flexibility index (Phi) is 5.10. The minimum atomic E-state index is 0.205. The molecule has 3 heterocycles. The zero-order valence-electron chi connectivity index (χ0n) is 14.3. The van der Waals surface area contributed by atoms with Crippen molar-refractivity contribution < 1.29 is 9.84 Å². The van der Waals surface area contributed by atoms with Gasteiger partial charge in [-0.2, -0.15) is 0 Å². The summed E-state index contributed by atoms with van der Waals surface area (Å²) in [6, 6.07) is 11.3. The van der Waals surface area contributed by atoms with Crippen molar-refractivity contribution in [2.45, 2.75) is 6.67 Å².